The van der Waals surface area contributed by atoms with E-state index in [0.29, 0.717) is 36.8 Å². The first-order valence-corrected chi connectivity index (χ1v) is 11.1. The molecule has 0 bridgehead atoms. The van der Waals surface area contributed by atoms with E-state index in [9.17, 15) is 9.59 Å². The van der Waals surface area contributed by atoms with Crippen LogP contribution in [0.2, 0.25) is 0 Å². The molecule has 5 rings (SSSR count). The van der Waals surface area contributed by atoms with E-state index < -0.39 is 0 Å². The number of aromatic nitrogens is 1. The molecule has 3 heterocycles. The van der Waals surface area contributed by atoms with Gasteiger partial charge in [-0.3, -0.25) is 9.59 Å². The number of carbonyl (C=O) groups is 2. The van der Waals surface area contributed by atoms with Crippen LogP contribution in [0, 0.1) is 36.0 Å². The molecule has 0 spiro atoms. The van der Waals surface area contributed by atoms with E-state index in [1.165, 1.54) is 17.3 Å². The van der Waals surface area contributed by atoms with Gasteiger partial charge in [-0.1, -0.05) is 30.7 Å². The molecule has 0 unspecified atom stereocenters. The molecule has 31 heavy (non-hydrogen) atoms. The summed E-state index contributed by atoms with van der Waals surface area (Å²) < 4.78 is 0. The molecule has 0 N–H and O–H groups in total. The Morgan fingerprint density at radius 3 is 2.55 bits per heavy atom. The highest BCUT2D eigenvalue weighted by molar-refractivity contribution is 5.94. The van der Waals surface area contributed by atoms with Crippen LogP contribution in [-0.4, -0.2) is 46.2 Å². The molecule has 3 atom stereocenters. The molecule has 2 saturated heterocycles. The average molecular weight is 415 g/mol. The zero-order valence-corrected chi connectivity index (χ0v) is 17.7. The lowest BCUT2D eigenvalue weighted by molar-refractivity contribution is -0.139. The number of likely N-dealkylation sites (tertiary alicyclic amines) is 2. The van der Waals surface area contributed by atoms with Gasteiger partial charge in [0.05, 0.1) is 11.6 Å². The third kappa shape index (κ3) is 3.38. The number of aryl methyl sites for hydroxylation is 1. The number of pyridine rings is 1. The number of hydrogen-bond acceptors (Lipinski definition) is 4. The maximum Gasteiger partial charge on any atom is 0.255 e. The molecule has 1 saturated carbocycles. The monoisotopic (exact) mass is 414 g/mol. The van der Waals surface area contributed by atoms with Crippen LogP contribution in [0.15, 0.2) is 42.6 Å². The summed E-state index contributed by atoms with van der Waals surface area (Å²) in [4.78, 5) is 34.4. The van der Waals surface area contributed by atoms with Gasteiger partial charge in [0, 0.05) is 43.6 Å². The summed E-state index contributed by atoms with van der Waals surface area (Å²) in [6, 6.07) is 13.6. The predicted molar refractivity (Wildman–Crippen MR) is 115 cm³/mol. The first kappa shape index (κ1) is 19.7. The summed E-state index contributed by atoms with van der Waals surface area (Å²) in [5.41, 5.74) is 3.21. The van der Waals surface area contributed by atoms with Gasteiger partial charge >= 0.3 is 0 Å². The molecule has 2 aromatic rings. The summed E-state index contributed by atoms with van der Waals surface area (Å²) >= 11 is 0. The third-order valence-electron chi connectivity index (χ3n) is 7.32. The minimum Gasteiger partial charge on any atom is -0.338 e. The van der Waals surface area contributed by atoms with Crippen LogP contribution >= 0.6 is 0 Å². The van der Waals surface area contributed by atoms with Crippen molar-refractivity contribution in [1.82, 2.24) is 14.8 Å². The minimum absolute atomic E-state index is 0.0242. The first-order valence-electron chi connectivity index (χ1n) is 11.1. The summed E-state index contributed by atoms with van der Waals surface area (Å²) in [6.07, 6.45) is 4.64. The lowest BCUT2D eigenvalue weighted by atomic mass is 9.83. The molecule has 1 aromatic carbocycles. The fraction of sp³-hybridized carbons (Fsp3) is 0.440. The van der Waals surface area contributed by atoms with Crippen molar-refractivity contribution in [2.75, 3.05) is 19.6 Å². The van der Waals surface area contributed by atoms with Gasteiger partial charge in [0.15, 0.2) is 0 Å². The van der Waals surface area contributed by atoms with Crippen LogP contribution in [0.4, 0.5) is 0 Å². The number of nitriles is 1. The number of amides is 2. The summed E-state index contributed by atoms with van der Waals surface area (Å²) in [7, 11) is 0. The molecular weight excluding hydrogens is 388 g/mol. The van der Waals surface area contributed by atoms with Crippen molar-refractivity contribution >= 4 is 11.8 Å². The number of carbonyl (C=O) groups excluding carboxylic acids is 2. The van der Waals surface area contributed by atoms with Gasteiger partial charge in [-0.25, -0.2) is 4.98 Å². The molecule has 2 aliphatic heterocycles. The zero-order valence-electron chi connectivity index (χ0n) is 17.7. The zero-order chi connectivity index (χ0) is 21.5. The number of nitrogens with zero attached hydrogens (tertiary/aromatic N) is 4. The highest BCUT2D eigenvalue weighted by Crippen LogP contribution is 2.47. The van der Waals surface area contributed by atoms with Crippen LogP contribution in [0.5, 0.6) is 0 Å². The van der Waals surface area contributed by atoms with Crippen molar-refractivity contribution in [1.29, 1.82) is 5.26 Å². The minimum atomic E-state index is -0.0493. The van der Waals surface area contributed by atoms with Gasteiger partial charge in [-0.2, -0.15) is 5.26 Å². The van der Waals surface area contributed by atoms with Crippen LogP contribution in [0.3, 0.4) is 0 Å². The Balaban J connectivity index is 1.41. The number of fused-ring (bicyclic) bond motifs is 1. The highest BCUT2D eigenvalue weighted by atomic mass is 16.2. The van der Waals surface area contributed by atoms with E-state index in [1.54, 1.807) is 12.1 Å². The lowest BCUT2D eigenvalue weighted by Crippen LogP contribution is -2.42. The molecule has 158 valence electrons. The normalized spacial score (nSPS) is 25.1. The van der Waals surface area contributed by atoms with Crippen molar-refractivity contribution in [3.63, 3.8) is 0 Å². The topological polar surface area (TPSA) is 77.3 Å². The Labute approximate surface area is 182 Å². The van der Waals surface area contributed by atoms with Crippen LogP contribution in [-0.2, 0) is 4.79 Å². The molecule has 6 heteroatoms. The standard InChI is InChI=1S/C25H26N4O2/c1-16-5-2-3-8-21(16)23-22-15-28(24(30)18-9-10-20(11-26)27-12-18)13-19(22)14-29(23)25(31)17-6-4-7-17/h2-3,5,8-10,12,17,19,22-23H,4,6-7,13-15H2,1H3/t19-,22-,23+/m0/s1. The molecular formula is C25H26N4O2. The molecule has 0 radical (unpaired) electrons. The van der Waals surface area contributed by atoms with Crippen molar-refractivity contribution < 1.29 is 9.59 Å². The van der Waals surface area contributed by atoms with Gasteiger partial charge in [0.1, 0.15) is 11.8 Å². The largest absolute Gasteiger partial charge is 0.338 e. The Hall–Kier alpha value is -3.20. The average Bonchev–Trinajstić information content (AvgIpc) is 3.31. The van der Waals surface area contributed by atoms with Crippen molar-refractivity contribution in [3.05, 3.63) is 65.0 Å². The smallest absolute Gasteiger partial charge is 0.255 e. The maximum absolute atomic E-state index is 13.3. The molecule has 3 fully saturated rings. The maximum atomic E-state index is 13.3. The second-order valence-corrected chi connectivity index (χ2v) is 9.10. The van der Waals surface area contributed by atoms with Gasteiger partial charge in [0.2, 0.25) is 5.91 Å². The van der Waals surface area contributed by atoms with Gasteiger partial charge in [-0.05, 0) is 43.0 Å². The van der Waals surface area contributed by atoms with Crippen LogP contribution in [0.25, 0.3) is 0 Å². The lowest BCUT2D eigenvalue weighted by Gasteiger charge is -2.35. The van der Waals surface area contributed by atoms with E-state index in [-0.39, 0.29) is 29.7 Å². The van der Waals surface area contributed by atoms with E-state index in [0.717, 1.165) is 19.3 Å². The Morgan fingerprint density at radius 1 is 1.10 bits per heavy atom. The fourth-order valence-electron chi connectivity index (χ4n) is 5.41. The Kier molecular flexibility index (Phi) is 4.97. The van der Waals surface area contributed by atoms with E-state index >= 15 is 0 Å². The summed E-state index contributed by atoms with van der Waals surface area (Å²) in [5.74, 6) is 0.937. The summed E-state index contributed by atoms with van der Waals surface area (Å²) in [6.45, 7) is 4.11. The molecule has 6 nitrogen and oxygen atoms in total. The van der Waals surface area contributed by atoms with Crippen LogP contribution in [0.1, 0.15) is 52.5 Å². The molecule has 3 aliphatic rings. The molecule has 2 amide bonds. The van der Waals surface area contributed by atoms with Gasteiger partial charge in [-0.15, -0.1) is 0 Å². The predicted octanol–water partition coefficient (Wildman–Crippen LogP) is 3.33. The van der Waals surface area contributed by atoms with Crippen molar-refractivity contribution in [3.8, 4) is 6.07 Å². The molecule has 1 aromatic heterocycles. The quantitative estimate of drug-likeness (QED) is 0.772. The van der Waals surface area contributed by atoms with E-state index in [2.05, 4.69) is 28.9 Å². The second-order valence-electron chi connectivity index (χ2n) is 9.10. The van der Waals surface area contributed by atoms with E-state index in [4.69, 9.17) is 5.26 Å². The second kappa shape index (κ2) is 7.81. The number of benzene rings is 1. The SMILES string of the molecule is Cc1ccccc1[C@@H]1[C@H]2CN(C(=O)c3ccc(C#N)nc3)C[C@H]2CN1C(=O)C1CCC1. The molecule has 1 aliphatic carbocycles. The summed E-state index contributed by atoms with van der Waals surface area (Å²) in [5, 5.41) is 8.94. The fourth-order valence-corrected chi connectivity index (χ4v) is 5.41. The highest BCUT2D eigenvalue weighted by Gasteiger charge is 2.51. The van der Waals surface area contributed by atoms with Gasteiger partial charge < -0.3 is 9.80 Å². The Morgan fingerprint density at radius 2 is 1.90 bits per heavy atom. The third-order valence-corrected chi connectivity index (χ3v) is 7.32. The van der Waals surface area contributed by atoms with Crippen molar-refractivity contribution in [2.24, 2.45) is 17.8 Å². The van der Waals surface area contributed by atoms with E-state index in [1.807, 2.05) is 23.1 Å². The van der Waals surface area contributed by atoms with Gasteiger partial charge in [0.25, 0.3) is 5.91 Å². The van der Waals surface area contributed by atoms with Crippen LogP contribution < -0.4 is 0 Å². The number of rotatable bonds is 3. The van der Waals surface area contributed by atoms with Crippen molar-refractivity contribution in [2.45, 2.75) is 32.2 Å². The first-order chi connectivity index (χ1) is 15.1. The Bertz CT molecular complexity index is 1050. The number of hydrogen-bond donors (Lipinski definition) is 0.